The van der Waals surface area contributed by atoms with Crippen LogP contribution in [0.2, 0.25) is 0 Å². The average Bonchev–Trinajstić information content (AvgIpc) is 3.14. The molecule has 0 aliphatic rings. The Morgan fingerprint density at radius 2 is 1.79 bits per heavy atom. The summed E-state index contributed by atoms with van der Waals surface area (Å²) in [6.07, 6.45) is 0. The molecule has 1 aromatic heterocycles. The molecule has 0 atom stereocenters. The van der Waals surface area contributed by atoms with Crippen molar-refractivity contribution in [2.45, 2.75) is 13.2 Å². The first-order valence-electron chi connectivity index (χ1n) is 9.11. The number of carbonyl (C=O) groups is 1. The first-order chi connectivity index (χ1) is 14.2. The molecular weight excluding hydrogens is 371 g/mol. The molecule has 0 unspecified atom stereocenters. The van der Waals surface area contributed by atoms with Gasteiger partial charge in [-0.3, -0.25) is 10.4 Å². The molecule has 4 aromatic rings. The van der Waals surface area contributed by atoms with Crippen LogP contribution < -0.4 is 15.4 Å². The van der Waals surface area contributed by atoms with E-state index in [4.69, 9.17) is 4.74 Å². The highest BCUT2D eigenvalue weighted by Crippen LogP contribution is 2.25. The largest absolute Gasteiger partial charge is 0.489 e. The fourth-order valence-electron chi connectivity index (χ4n) is 2.86. The molecule has 146 valence electrons. The Morgan fingerprint density at radius 3 is 2.59 bits per heavy atom. The van der Waals surface area contributed by atoms with Crippen LogP contribution in [0.3, 0.4) is 0 Å². The lowest BCUT2D eigenvalue weighted by Gasteiger charge is -2.08. The zero-order chi connectivity index (χ0) is 20.1. The highest BCUT2D eigenvalue weighted by atomic mass is 19.1. The van der Waals surface area contributed by atoms with Crippen molar-refractivity contribution < 1.29 is 13.9 Å². The normalized spacial score (nSPS) is 10.7. The summed E-state index contributed by atoms with van der Waals surface area (Å²) in [6, 6.07) is 21.0. The van der Waals surface area contributed by atoms with Gasteiger partial charge in [-0.15, -0.1) is 0 Å². The van der Waals surface area contributed by atoms with E-state index in [1.807, 2.05) is 48.5 Å². The van der Waals surface area contributed by atoms with E-state index in [2.05, 4.69) is 20.8 Å². The van der Waals surface area contributed by atoms with E-state index in [9.17, 15) is 9.18 Å². The van der Waals surface area contributed by atoms with E-state index in [-0.39, 0.29) is 12.4 Å². The van der Waals surface area contributed by atoms with Gasteiger partial charge in [0, 0.05) is 11.9 Å². The van der Waals surface area contributed by atoms with E-state index in [1.165, 1.54) is 12.1 Å². The van der Waals surface area contributed by atoms with Crippen molar-refractivity contribution in [1.82, 2.24) is 15.5 Å². The number of H-pyrrole nitrogens is 1. The summed E-state index contributed by atoms with van der Waals surface area (Å²) in [5, 5.41) is 13.2. The van der Waals surface area contributed by atoms with Gasteiger partial charge >= 0.3 is 6.03 Å². The second-order valence-electron chi connectivity index (χ2n) is 6.49. The van der Waals surface area contributed by atoms with Crippen LogP contribution in [0, 0.1) is 5.82 Å². The summed E-state index contributed by atoms with van der Waals surface area (Å²) in [5.74, 6) is 0.769. The van der Waals surface area contributed by atoms with Crippen LogP contribution in [0.5, 0.6) is 5.75 Å². The number of urea groups is 1. The first-order valence-corrected chi connectivity index (χ1v) is 9.11. The van der Waals surface area contributed by atoms with Crippen LogP contribution in [-0.2, 0) is 13.2 Å². The number of hydrogen-bond acceptors (Lipinski definition) is 3. The minimum absolute atomic E-state index is 0.278. The predicted octanol–water partition coefficient (Wildman–Crippen LogP) is 4.60. The second kappa shape index (κ2) is 8.43. The number of benzene rings is 3. The SMILES string of the molecule is O=C(NCc1ccc(F)cc1)Nc1n[nH]c2ccc(OCc3ccccc3)cc12. The molecule has 2 amide bonds. The maximum Gasteiger partial charge on any atom is 0.320 e. The Labute approximate surface area is 166 Å². The summed E-state index contributed by atoms with van der Waals surface area (Å²) in [6.45, 7) is 0.727. The van der Waals surface area contributed by atoms with E-state index in [0.717, 1.165) is 22.0 Å². The van der Waals surface area contributed by atoms with E-state index in [1.54, 1.807) is 12.1 Å². The Balaban J connectivity index is 1.40. The molecule has 0 spiro atoms. The first kappa shape index (κ1) is 18.5. The molecule has 3 aromatic carbocycles. The fraction of sp³-hybridized carbons (Fsp3) is 0.0909. The summed E-state index contributed by atoms with van der Waals surface area (Å²) in [4.78, 5) is 12.2. The molecule has 0 aliphatic heterocycles. The summed E-state index contributed by atoms with van der Waals surface area (Å²) in [7, 11) is 0. The van der Waals surface area contributed by atoms with Gasteiger partial charge in [0.2, 0.25) is 0 Å². The van der Waals surface area contributed by atoms with Gasteiger partial charge < -0.3 is 10.1 Å². The van der Waals surface area contributed by atoms with Gasteiger partial charge in [-0.25, -0.2) is 9.18 Å². The van der Waals surface area contributed by atoms with Gasteiger partial charge in [-0.2, -0.15) is 5.10 Å². The van der Waals surface area contributed by atoms with Crippen LogP contribution in [0.25, 0.3) is 10.9 Å². The highest BCUT2D eigenvalue weighted by Gasteiger charge is 2.10. The average molecular weight is 390 g/mol. The van der Waals surface area contributed by atoms with Gasteiger partial charge in [-0.1, -0.05) is 42.5 Å². The Hall–Kier alpha value is -3.87. The zero-order valence-corrected chi connectivity index (χ0v) is 15.5. The third kappa shape index (κ3) is 4.70. The summed E-state index contributed by atoms with van der Waals surface area (Å²) in [5.41, 5.74) is 2.65. The van der Waals surface area contributed by atoms with Crippen LogP contribution in [0.1, 0.15) is 11.1 Å². The number of aromatic amines is 1. The molecular formula is C22H19FN4O2. The number of ether oxygens (including phenoxy) is 1. The van der Waals surface area contributed by atoms with E-state index >= 15 is 0 Å². The number of hydrogen-bond donors (Lipinski definition) is 3. The number of carbonyl (C=O) groups excluding carboxylic acids is 1. The molecule has 29 heavy (non-hydrogen) atoms. The van der Waals surface area contributed by atoms with Gasteiger partial charge in [0.25, 0.3) is 0 Å². The van der Waals surface area contributed by atoms with Gasteiger partial charge in [-0.05, 0) is 41.5 Å². The Morgan fingerprint density at radius 1 is 1.00 bits per heavy atom. The molecule has 0 saturated heterocycles. The fourth-order valence-corrected chi connectivity index (χ4v) is 2.86. The molecule has 0 bridgehead atoms. The van der Waals surface area contributed by atoms with Crippen molar-refractivity contribution >= 4 is 22.8 Å². The Bertz CT molecular complexity index is 1110. The van der Waals surface area contributed by atoms with E-state index < -0.39 is 6.03 Å². The predicted molar refractivity (Wildman–Crippen MR) is 109 cm³/mol. The van der Waals surface area contributed by atoms with Crippen molar-refractivity contribution in [1.29, 1.82) is 0 Å². The highest BCUT2D eigenvalue weighted by molar-refractivity contribution is 5.99. The molecule has 6 nitrogen and oxygen atoms in total. The smallest absolute Gasteiger partial charge is 0.320 e. The summed E-state index contributed by atoms with van der Waals surface area (Å²) >= 11 is 0. The third-order valence-electron chi connectivity index (χ3n) is 4.38. The lowest BCUT2D eigenvalue weighted by Crippen LogP contribution is -2.28. The maximum atomic E-state index is 12.9. The van der Waals surface area contributed by atoms with Crippen LogP contribution in [-0.4, -0.2) is 16.2 Å². The third-order valence-corrected chi connectivity index (χ3v) is 4.38. The van der Waals surface area contributed by atoms with Gasteiger partial charge in [0.15, 0.2) is 5.82 Å². The van der Waals surface area contributed by atoms with Crippen LogP contribution in [0.4, 0.5) is 15.0 Å². The molecule has 0 saturated carbocycles. The van der Waals surface area contributed by atoms with Gasteiger partial charge in [0.1, 0.15) is 18.2 Å². The molecule has 1 heterocycles. The number of nitrogens with one attached hydrogen (secondary N) is 3. The minimum Gasteiger partial charge on any atom is -0.489 e. The van der Waals surface area contributed by atoms with Crippen molar-refractivity contribution in [2.75, 3.05) is 5.32 Å². The molecule has 0 fully saturated rings. The van der Waals surface area contributed by atoms with Gasteiger partial charge in [0.05, 0.1) is 5.52 Å². The van der Waals surface area contributed by atoms with Crippen molar-refractivity contribution in [3.63, 3.8) is 0 Å². The number of halogens is 1. The maximum absolute atomic E-state index is 12.9. The number of amides is 2. The molecule has 0 aliphatic carbocycles. The topological polar surface area (TPSA) is 79.0 Å². The number of anilines is 1. The van der Waals surface area contributed by atoms with Crippen molar-refractivity contribution in [3.05, 3.63) is 89.7 Å². The van der Waals surface area contributed by atoms with Crippen molar-refractivity contribution in [3.8, 4) is 5.75 Å². The number of aromatic nitrogens is 2. The zero-order valence-electron chi connectivity index (χ0n) is 15.5. The lowest BCUT2D eigenvalue weighted by molar-refractivity contribution is 0.251. The monoisotopic (exact) mass is 390 g/mol. The van der Waals surface area contributed by atoms with Crippen LogP contribution in [0.15, 0.2) is 72.8 Å². The second-order valence-corrected chi connectivity index (χ2v) is 6.49. The number of nitrogens with zero attached hydrogens (tertiary/aromatic N) is 1. The minimum atomic E-state index is -0.404. The Kier molecular flexibility index (Phi) is 5.38. The van der Waals surface area contributed by atoms with Crippen molar-refractivity contribution in [2.24, 2.45) is 0 Å². The molecule has 0 radical (unpaired) electrons. The summed E-state index contributed by atoms with van der Waals surface area (Å²) < 4.78 is 18.8. The standard InChI is InChI=1S/C22H19FN4O2/c23-17-8-6-15(7-9-17)13-24-22(28)25-21-19-12-18(10-11-20(19)26-27-21)29-14-16-4-2-1-3-5-16/h1-12H,13-14H2,(H3,24,25,26,27,28). The molecule has 7 heteroatoms. The quantitative estimate of drug-likeness (QED) is 0.450. The number of fused-ring (bicyclic) bond motifs is 1. The number of rotatable bonds is 6. The van der Waals surface area contributed by atoms with Crippen LogP contribution >= 0.6 is 0 Å². The molecule has 4 rings (SSSR count). The lowest BCUT2D eigenvalue weighted by atomic mass is 10.2. The van der Waals surface area contributed by atoms with E-state index in [0.29, 0.717) is 18.2 Å². The molecule has 3 N–H and O–H groups in total.